The fourth-order valence-electron chi connectivity index (χ4n) is 2.74. The number of rotatable bonds is 9. The molecule has 0 saturated carbocycles. The molecule has 0 amide bonds. The average Bonchev–Trinajstić information content (AvgIpc) is 2.43. The van der Waals surface area contributed by atoms with Crippen LogP contribution in [0.5, 0.6) is 0 Å². The highest BCUT2D eigenvalue weighted by atomic mass is 16.5. The van der Waals surface area contributed by atoms with Crippen LogP contribution in [0.1, 0.15) is 39.5 Å². The largest absolute Gasteiger partial charge is 0.382 e. The van der Waals surface area contributed by atoms with Crippen molar-refractivity contribution in [2.75, 3.05) is 53.1 Å². The van der Waals surface area contributed by atoms with E-state index in [1.807, 2.05) is 0 Å². The molecule has 1 N–H and O–H groups in total. The van der Waals surface area contributed by atoms with Gasteiger partial charge in [0, 0.05) is 26.3 Å². The number of nitrogens with zero attached hydrogens (tertiary/aromatic N) is 1. The summed E-state index contributed by atoms with van der Waals surface area (Å²) in [5.74, 6) is 0.752. The second kappa shape index (κ2) is 11.5. The van der Waals surface area contributed by atoms with Gasteiger partial charge in [-0.15, -0.1) is 0 Å². The standard InChI is InChI=1S/C16H34N2O2/c1-4-16-7-9-18(14-15(2)13-17-16)8-5-6-10-20-12-11-19-3/h15-17H,4-14H2,1-3H3. The number of ether oxygens (including phenoxy) is 2. The van der Waals surface area contributed by atoms with Crippen LogP contribution < -0.4 is 5.32 Å². The van der Waals surface area contributed by atoms with Gasteiger partial charge in [-0.1, -0.05) is 13.8 Å². The van der Waals surface area contributed by atoms with Gasteiger partial charge in [0.05, 0.1) is 13.2 Å². The van der Waals surface area contributed by atoms with Crippen LogP contribution in [-0.4, -0.2) is 64.1 Å². The maximum Gasteiger partial charge on any atom is 0.0700 e. The van der Waals surface area contributed by atoms with Gasteiger partial charge in [-0.25, -0.2) is 0 Å². The van der Waals surface area contributed by atoms with Crippen molar-refractivity contribution < 1.29 is 9.47 Å². The zero-order valence-electron chi connectivity index (χ0n) is 13.7. The minimum absolute atomic E-state index is 0.703. The molecule has 2 atom stereocenters. The predicted octanol–water partition coefficient (Wildman–Crippen LogP) is 2.14. The van der Waals surface area contributed by atoms with Crippen LogP contribution in [0.25, 0.3) is 0 Å². The summed E-state index contributed by atoms with van der Waals surface area (Å²) in [7, 11) is 1.71. The van der Waals surface area contributed by atoms with Crippen molar-refractivity contribution in [3.63, 3.8) is 0 Å². The lowest BCUT2D eigenvalue weighted by Gasteiger charge is -2.32. The van der Waals surface area contributed by atoms with Crippen molar-refractivity contribution in [3.8, 4) is 0 Å². The highest BCUT2D eigenvalue weighted by Gasteiger charge is 2.17. The molecule has 2 unspecified atom stereocenters. The van der Waals surface area contributed by atoms with Crippen LogP contribution in [0.15, 0.2) is 0 Å². The van der Waals surface area contributed by atoms with Gasteiger partial charge in [-0.05, 0) is 51.2 Å². The predicted molar refractivity (Wildman–Crippen MR) is 84.2 cm³/mol. The number of hydrogen-bond donors (Lipinski definition) is 1. The van der Waals surface area contributed by atoms with Gasteiger partial charge in [-0.3, -0.25) is 0 Å². The Balaban J connectivity index is 2.11. The van der Waals surface area contributed by atoms with Crippen molar-refractivity contribution in [3.05, 3.63) is 0 Å². The SMILES string of the molecule is CCC1CCN(CCCCOCCOC)CC(C)CN1. The molecular weight excluding hydrogens is 252 g/mol. The fraction of sp³-hybridized carbons (Fsp3) is 1.00. The van der Waals surface area contributed by atoms with Crippen LogP contribution in [0.4, 0.5) is 0 Å². The normalized spacial score (nSPS) is 25.4. The maximum atomic E-state index is 5.51. The summed E-state index contributed by atoms with van der Waals surface area (Å²) in [6, 6.07) is 0.706. The number of hydrogen-bond acceptors (Lipinski definition) is 4. The first-order chi connectivity index (χ1) is 9.76. The summed E-state index contributed by atoms with van der Waals surface area (Å²) in [4.78, 5) is 2.64. The van der Waals surface area contributed by atoms with Crippen LogP contribution in [0, 0.1) is 5.92 Å². The molecule has 1 rings (SSSR count). The highest BCUT2D eigenvalue weighted by molar-refractivity contribution is 4.75. The molecule has 1 saturated heterocycles. The van der Waals surface area contributed by atoms with Crippen molar-refractivity contribution in [1.29, 1.82) is 0 Å². The summed E-state index contributed by atoms with van der Waals surface area (Å²) in [6.45, 7) is 11.8. The Bertz CT molecular complexity index is 227. The third-order valence-corrected chi connectivity index (χ3v) is 4.06. The Labute approximate surface area is 125 Å². The summed E-state index contributed by atoms with van der Waals surface area (Å²) in [5, 5.41) is 3.68. The molecule has 120 valence electrons. The van der Waals surface area contributed by atoms with E-state index < -0.39 is 0 Å². The molecule has 1 aliphatic heterocycles. The minimum Gasteiger partial charge on any atom is -0.382 e. The molecule has 1 heterocycles. The molecular formula is C16H34N2O2. The van der Waals surface area contributed by atoms with Gasteiger partial charge in [0.1, 0.15) is 0 Å². The van der Waals surface area contributed by atoms with Gasteiger partial charge < -0.3 is 19.7 Å². The smallest absolute Gasteiger partial charge is 0.0700 e. The summed E-state index contributed by atoms with van der Waals surface area (Å²) in [5.41, 5.74) is 0. The number of unbranched alkanes of at least 4 members (excludes halogenated alkanes) is 1. The lowest BCUT2D eigenvalue weighted by Crippen LogP contribution is -2.43. The maximum absolute atomic E-state index is 5.51. The number of methoxy groups -OCH3 is 1. The van der Waals surface area contributed by atoms with Crippen molar-refractivity contribution in [2.24, 2.45) is 5.92 Å². The lowest BCUT2D eigenvalue weighted by atomic mass is 10.0. The second-order valence-corrected chi connectivity index (χ2v) is 6.02. The van der Waals surface area contributed by atoms with E-state index in [1.165, 1.54) is 38.9 Å². The van der Waals surface area contributed by atoms with Gasteiger partial charge in [0.25, 0.3) is 0 Å². The molecule has 0 aromatic heterocycles. The molecule has 0 bridgehead atoms. The van der Waals surface area contributed by atoms with E-state index >= 15 is 0 Å². The van der Waals surface area contributed by atoms with E-state index in [1.54, 1.807) is 7.11 Å². The third kappa shape index (κ3) is 8.20. The first-order valence-corrected chi connectivity index (χ1v) is 8.28. The Hall–Kier alpha value is -0.160. The van der Waals surface area contributed by atoms with E-state index in [-0.39, 0.29) is 0 Å². The van der Waals surface area contributed by atoms with Crippen molar-refractivity contribution in [2.45, 2.75) is 45.6 Å². The van der Waals surface area contributed by atoms with Gasteiger partial charge in [0.15, 0.2) is 0 Å². The zero-order chi connectivity index (χ0) is 14.6. The van der Waals surface area contributed by atoms with Crippen LogP contribution in [-0.2, 0) is 9.47 Å². The monoisotopic (exact) mass is 286 g/mol. The molecule has 0 spiro atoms. The zero-order valence-corrected chi connectivity index (χ0v) is 13.7. The molecule has 0 aromatic rings. The quantitative estimate of drug-likeness (QED) is 0.659. The molecule has 0 aromatic carbocycles. The Kier molecular flexibility index (Phi) is 10.3. The van der Waals surface area contributed by atoms with E-state index in [4.69, 9.17) is 9.47 Å². The Morgan fingerprint density at radius 2 is 2.05 bits per heavy atom. The number of nitrogens with one attached hydrogen (secondary N) is 1. The molecule has 0 radical (unpaired) electrons. The highest BCUT2D eigenvalue weighted by Crippen LogP contribution is 2.10. The molecule has 20 heavy (non-hydrogen) atoms. The van der Waals surface area contributed by atoms with Crippen molar-refractivity contribution in [1.82, 2.24) is 10.2 Å². The van der Waals surface area contributed by atoms with Crippen LogP contribution >= 0.6 is 0 Å². The second-order valence-electron chi connectivity index (χ2n) is 6.02. The first kappa shape index (κ1) is 17.9. The van der Waals surface area contributed by atoms with Crippen LogP contribution in [0.3, 0.4) is 0 Å². The van der Waals surface area contributed by atoms with Crippen molar-refractivity contribution >= 4 is 0 Å². The minimum atomic E-state index is 0.703. The lowest BCUT2D eigenvalue weighted by molar-refractivity contribution is 0.0672. The summed E-state index contributed by atoms with van der Waals surface area (Å²) < 4.78 is 10.5. The Morgan fingerprint density at radius 3 is 2.80 bits per heavy atom. The molecule has 4 heteroatoms. The molecule has 0 aliphatic carbocycles. The topological polar surface area (TPSA) is 33.7 Å². The molecule has 4 nitrogen and oxygen atoms in total. The van der Waals surface area contributed by atoms with Crippen LogP contribution in [0.2, 0.25) is 0 Å². The first-order valence-electron chi connectivity index (χ1n) is 8.28. The van der Waals surface area contributed by atoms with Gasteiger partial charge in [-0.2, -0.15) is 0 Å². The van der Waals surface area contributed by atoms with E-state index in [9.17, 15) is 0 Å². The van der Waals surface area contributed by atoms with E-state index in [2.05, 4.69) is 24.1 Å². The Morgan fingerprint density at radius 1 is 1.20 bits per heavy atom. The van der Waals surface area contributed by atoms with Gasteiger partial charge in [0.2, 0.25) is 0 Å². The summed E-state index contributed by atoms with van der Waals surface area (Å²) in [6.07, 6.45) is 4.93. The third-order valence-electron chi connectivity index (χ3n) is 4.06. The summed E-state index contributed by atoms with van der Waals surface area (Å²) >= 11 is 0. The van der Waals surface area contributed by atoms with Gasteiger partial charge >= 0.3 is 0 Å². The molecule has 1 fully saturated rings. The average molecular weight is 286 g/mol. The molecule has 1 aliphatic rings. The van der Waals surface area contributed by atoms with E-state index in [0.717, 1.165) is 32.1 Å². The fourth-order valence-corrected chi connectivity index (χ4v) is 2.74. The van der Waals surface area contributed by atoms with E-state index in [0.29, 0.717) is 12.6 Å².